The molecule has 3 heterocycles. The van der Waals surface area contributed by atoms with Gasteiger partial charge in [0.25, 0.3) is 0 Å². The number of fused-ring (bicyclic) bond motifs is 1. The van der Waals surface area contributed by atoms with Crippen molar-refractivity contribution in [2.45, 2.75) is 45.2 Å². The van der Waals surface area contributed by atoms with Crippen molar-refractivity contribution in [3.8, 4) is 22.5 Å². The van der Waals surface area contributed by atoms with Crippen LogP contribution in [0, 0.1) is 0 Å². The van der Waals surface area contributed by atoms with E-state index in [0.717, 1.165) is 76.4 Å². The second kappa shape index (κ2) is 13.4. The third-order valence-corrected chi connectivity index (χ3v) is 9.48. The maximum absolute atomic E-state index is 4.78. The Labute approximate surface area is 291 Å². The molecule has 0 unspecified atom stereocenters. The molecule has 5 aromatic carbocycles. The summed E-state index contributed by atoms with van der Waals surface area (Å²) >= 11 is 0. The van der Waals surface area contributed by atoms with Gasteiger partial charge in [-0.05, 0) is 50.2 Å². The highest BCUT2D eigenvalue weighted by Gasteiger charge is 2.42. The molecule has 8 heteroatoms. The SMILES string of the molecule is CCCc1cc2n(Cc3ccc(-c4ccccc4-c4nnnn4C(c4ccccc4)(c4ccccc4)c4ccccc4)cc3)c(CC)nn2n1. The minimum atomic E-state index is -0.836. The van der Waals surface area contributed by atoms with Crippen LogP contribution in [0.25, 0.3) is 28.2 Å². The second-order valence-electron chi connectivity index (χ2n) is 12.6. The van der Waals surface area contributed by atoms with Gasteiger partial charge in [0.15, 0.2) is 11.5 Å². The normalized spacial score (nSPS) is 11.7. The lowest BCUT2D eigenvalue weighted by molar-refractivity contribution is 0.451. The Bertz CT molecular complexity index is 2240. The molecule has 0 amide bonds. The van der Waals surface area contributed by atoms with Gasteiger partial charge in [0.1, 0.15) is 11.4 Å². The van der Waals surface area contributed by atoms with Crippen molar-refractivity contribution in [3.63, 3.8) is 0 Å². The van der Waals surface area contributed by atoms with Crippen molar-refractivity contribution >= 4 is 5.65 Å². The predicted molar refractivity (Wildman–Crippen MR) is 197 cm³/mol. The van der Waals surface area contributed by atoms with E-state index in [1.165, 1.54) is 5.56 Å². The van der Waals surface area contributed by atoms with Gasteiger partial charge < -0.3 is 4.57 Å². The number of tetrazole rings is 1. The Balaban J connectivity index is 1.23. The largest absolute Gasteiger partial charge is 0.307 e. The molecule has 3 aromatic heterocycles. The van der Waals surface area contributed by atoms with Gasteiger partial charge in [0.05, 0.1) is 12.2 Å². The summed E-state index contributed by atoms with van der Waals surface area (Å²) < 4.78 is 6.06. The van der Waals surface area contributed by atoms with Crippen LogP contribution in [0.5, 0.6) is 0 Å². The molecule has 0 aliphatic carbocycles. The fourth-order valence-electron chi connectivity index (χ4n) is 7.16. The molecule has 0 spiro atoms. The molecule has 0 saturated heterocycles. The van der Waals surface area contributed by atoms with Gasteiger partial charge >= 0.3 is 0 Å². The molecular formula is C42H38N8. The smallest absolute Gasteiger partial charge is 0.184 e. The van der Waals surface area contributed by atoms with Crippen LogP contribution in [0.2, 0.25) is 0 Å². The molecule has 8 rings (SSSR count). The number of rotatable bonds is 11. The van der Waals surface area contributed by atoms with Crippen molar-refractivity contribution in [1.29, 1.82) is 0 Å². The average molecular weight is 655 g/mol. The zero-order valence-electron chi connectivity index (χ0n) is 28.3. The third-order valence-electron chi connectivity index (χ3n) is 9.48. The summed E-state index contributed by atoms with van der Waals surface area (Å²) in [5.41, 5.74) is 8.75. The van der Waals surface area contributed by atoms with Crippen LogP contribution in [0.4, 0.5) is 0 Å². The minimum Gasteiger partial charge on any atom is -0.307 e. The van der Waals surface area contributed by atoms with E-state index >= 15 is 0 Å². The van der Waals surface area contributed by atoms with Gasteiger partial charge in [-0.25, -0.2) is 4.68 Å². The first-order valence-electron chi connectivity index (χ1n) is 17.3. The van der Waals surface area contributed by atoms with Crippen LogP contribution in [-0.4, -0.2) is 39.6 Å². The predicted octanol–water partition coefficient (Wildman–Crippen LogP) is 8.25. The van der Waals surface area contributed by atoms with Crippen LogP contribution in [0.15, 0.2) is 146 Å². The lowest BCUT2D eigenvalue weighted by Crippen LogP contribution is -2.39. The number of benzene rings is 5. The number of nitrogens with zero attached hydrogens (tertiary/aromatic N) is 8. The molecule has 0 radical (unpaired) electrons. The monoisotopic (exact) mass is 654 g/mol. The number of hydrogen-bond acceptors (Lipinski definition) is 5. The number of aryl methyl sites for hydroxylation is 2. The summed E-state index contributed by atoms with van der Waals surface area (Å²) in [5.74, 6) is 1.70. The first-order valence-corrected chi connectivity index (χ1v) is 17.3. The van der Waals surface area contributed by atoms with Gasteiger partial charge in [-0.3, -0.25) is 0 Å². The van der Waals surface area contributed by atoms with Crippen molar-refractivity contribution < 1.29 is 0 Å². The quantitative estimate of drug-likeness (QED) is 0.131. The van der Waals surface area contributed by atoms with E-state index < -0.39 is 5.54 Å². The molecule has 50 heavy (non-hydrogen) atoms. The van der Waals surface area contributed by atoms with Gasteiger partial charge in [0.2, 0.25) is 0 Å². The highest BCUT2D eigenvalue weighted by molar-refractivity contribution is 5.81. The summed E-state index contributed by atoms with van der Waals surface area (Å²) in [7, 11) is 0. The molecule has 8 aromatic rings. The summed E-state index contributed by atoms with van der Waals surface area (Å²) in [5, 5.41) is 23.3. The van der Waals surface area contributed by atoms with E-state index in [0.29, 0.717) is 5.82 Å². The van der Waals surface area contributed by atoms with Crippen molar-refractivity contribution in [3.05, 3.63) is 179 Å². The molecule has 0 aliphatic rings. The summed E-state index contributed by atoms with van der Waals surface area (Å²) in [4.78, 5) is 0. The molecule has 8 nitrogen and oxygen atoms in total. The number of hydrogen-bond donors (Lipinski definition) is 0. The van der Waals surface area contributed by atoms with Crippen LogP contribution in [0.3, 0.4) is 0 Å². The molecule has 0 fully saturated rings. The zero-order valence-corrected chi connectivity index (χ0v) is 28.3. The van der Waals surface area contributed by atoms with E-state index in [1.807, 2.05) is 22.9 Å². The molecule has 0 saturated carbocycles. The third kappa shape index (κ3) is 5.39. The standard InChI is InChI=1S/C42H38N8/c1-3-16-36-29-40-48(39(4-2)45-50(40)44-36)30-31-25-27-32(28-26-31)37-23-14-15-24-38(37)41-43-46-47-49(41)42(33-17-8-5-9-18-33,34-19-10-6-11-20-34)35-21-12-7-13-22-35/h5-15,17-29H,3-4,16,30H2,1-2H3. The fraction of sp³-hybridized carbons (Fsp3) is 0.167. The van der Waals surface area contributed by atoms with Crippen LogP contribution in [-0.2, 0) is 24.9 Å². The Morgan fingerprint density at radius 2 is 1.20 bits per heavy atom. The lowest BCUT2D eigenvalue weighted by Gasteiger charge is -2.36. The fourth-order valence-corrected chi connectivity index (χ4v) is 7.16. The first-order chi connectivity index (χ1) is 24.7. The van der Waals surface area contributed by atoms with Gasteiger partial charge in [-0.2, -0.15) is 5.10 Å². The average Bonchev–Trinajstić information content (AvgIpc) is 3.90. The lowest BCUT2D eigenvalue weighted by atomic mass is 9.77. The maximum Gasteiger partial charge on any atom is 0.184 e. The van der Waals surface area contributed by atoms with Gasteiger partial charge in [-0.1, -0.05) is 160 Å². The minimum absolute atomic E-state index is 0.679. The maximum atomic E-state index is 4.78. The highest BCUT2D eigenvalue weighted by atomic mass is 15.6. The molecule has 0 N–H and O–H groups in total. The van der Waals surface area contributed by atoms with E-state index in [1.54, 1.807) is 4.63 Å². The molecule has 246 valence electrons. The van der Waals surface area contributed by atoms with Crippen molar-refractivity contribution in [2.75, 3.05) is 0 Å². The Hall–Kier alpha value is -6.15. The summed E-state index contributed by atoms with van der Waals surface area (Å²) in [6.45, 7) is 5.04. The highest BCUT2D eigenvalue weighted by Crippen LogP contribution is 2.43. The van der Waals surface area contributed by atoms with Crippen LogP contribution >= 0.6 is 0 Å². The van der Waals surface area contributed by atoms with E-state index in [-0.39, 0.29) is 0 Å². The van der Waals surface area contributed by atoms with Crippen LogP contribution < -0.4 is 0 Å². The molecule has 0 aliphatic heterocycles. The van der Waals surface area contributed by atoms with E-state index in [9.17, 15) is 0 Å². The van der Waals surface area contributed by atoms with Gasteiger partial charge in [0, 0.05) is 18.1 Å². The summed E-state index contributed by atoms with van der Waals surface area (Å²) in [6.07, 6.45) is 2.84. The van der Waals surface area contributed by atoms with Crippen molar-refractivity contribution in [2.24, 2.45) is 0 Å². The Kier molecular flexibility index (Phi) is 8.34. The van der Waals surface area contributed by atoms with E-state index in [2.05, 4.69) is 151 Å². The first kappa shape index (κ1) is 31.1. The van der Waals surface area contributed by atoms with Gasteiger partial charge in [-0.15, -0.1) is 14.8 Å². The van der Waals surface area contributed by atoms with Crippen LogP contribution in [0.1, 0.15) is 54.0 Å². The summed E-state index contributed by atoms with van der Waals surface area (Å²) in [6, 6.07) is 50.9. The second-order valence-corrected chi connectivity index (χ2v) is 12.6. The molecular weight excluding hydrogens is 617 g/mol. The molecule has 0 bridgehead atoms. The molecule has 0 atom stereocenters. The number of aromatic nitrogens is 8. The zero-order chi connectivity index (χ0) is 33.9. The Morgan fingerprint density at radius 3 is 1.78 bits per heavy atom. The topological polar surface area (TPSA) is 78.7 Å². The van der Waals surface area contributed by atoms with E-state index in [4.69, 9.17) is 20.5 Å². The Morgan fingerprint density at radius 1 is 0.620 bits per heavy atom. The van der Waals surface area contributed by atoms with Crippen molar-refractivity contribution in [1.82, 2.24) is 39.6 Å².